The molecule has 0 atom stereocenters. The van der Waals surface area contributed by atoms with Crippen molar-refractivity contribution < 1.29 is 9.90 Å². The van der Waals surface area contributed by atoms with Gasteiger partial charge in [-0.3, -0.25) is 19.1 Å². The predicted molar refractivity (Wildman–Crippen MR) is 76.8 cm³/mol. The minimum Gasteiger partial charge on any atom is -0.476 e. The Morgan fingerprint density at radius 1 is 1.50 bits per heavy atom. The van der Waals surface area contributed by atoms with Crippen LogP contribution in [0.2, 0.25) is 0 Å². The van der Waals surface area contributed by atoms with Crippen LogP contribution in [0.4, 0.5) is 5.95 Å². The van der Waals surface area contributed by atoms with Crippen molar-refractivity contribution in [2.24, 2.45) is 7.05 Å². The first-order valence-electron chi connectivity index (χ1n) is 6.47. The molecule has 3 aromatic heterocycles. The zero-order valence-electron chi connectivity index (χ0n) is 11.6. The number of nitrogens with one attached hydrogen (secondary N) is 2. The van der Waals surface area contributed by atoms with E-state index in [1.54, 1.807) is 13.2 Å². The topological polar surface area (TPSA) is 131 Å². The maximum absolute atomic E-state index is 11.9. The highest BCUT2D eigenvalue weighted by Gasteiger charge is 2.08. The quantitative estimate of drug-likeness (QED) is 0.587. The normalized spacial score (nSPS) is 11.0. The van der Waals surface area contributed by atoms with Gasteiger partial charge >= 0.3 is 5.97 Å². The first-order chi connectivity index (χ1) is 10.5. The number of H-pyrrole nitrogens is 1. The summed E-state index contributed by atoms with van der Waals surface area (Å²) in [5.74, 6) is -0.744. The minimum absolute atomic E-state index is 0.0113. The van der Waals surface area contributed by atoms with Crippen LogP contribution < -0.4 is 10.9 Å². The van der Waals surface area contributed by atoms with Gasteiger partial charge in [0.25, 0.3) is 5.56 Å². The summed E-state index contributed by atoms with van der Waals surface area (Å²) in [4.78, 5) is 29.5. The Balaban J connectivity index is 1.69. The fraction of sp³-hybridized carbons (Fsp3) is 0.250. The Morgan fingerprint density at radius 3 is 3.05 bits per heavy atom. The molecular formula is C12H13N7O3. The SMILES string of the molecule is Cn1ncc2c(=O)[nH]c(NCCn3ccc(C(=O)O)n3)nc21. The molecule has 0 amide bonds. The lowest BCUT2D eigenvalue weighted by atomic mass is 10.4. The van der Waals surface area contributed by atoms with Crippen LogP contribution in [0.3, 0.4) is 0 Å². The smallest absolute Gasteiger partial charge is 0.356 e. The molecule has 0 spiro atoms. The zero-order valence-corrected chi connectivity index (χ0v) is 11.6. The molecule has 0 fully saturated rings. The van der Waals surface area contributed by atoms with Crippen molar-refractivity contribution in [3.8, 4) is 0 Å². The summed E-state index contributed by atoms with van der Waals surface area (Å²) in [5.41, 5.74) is 0.203. The van der Waals surface area contributed by atoms with E-state index < -0.39 is 5.97 Å². The molecule has 0 aliphatic rings. The van der Waals surface area contributed by atoms with E-state index in [2.05, 4.69) is 25.5 Å². The molecule has 0 saturated carbocycles. The van der Waals surface area contributed by atoms with Gasteiger partial charge in [0.15, 0.2) is 11.3 Å². The number of carboxylic acid groups (broad SMARTS) is 1. The molecular weight excluding hydrogens is 290 g/mol. The fourth-order valence-electron chi connectivity index (χ4n) is 2.01. The number of fused-ring (bicyclic) bond motifs is 1. The summed E-state index contributed by atoms with van der Waals surface area (Å²) < 4.78 is 3.01. The fourth-order valence-corrected chi connectivity index (χ4v) is 2.01. The number of aromatic nitrogens is 6. The van der Waals surface area contributed by atoms with E-state index in [1.165, 1.54) is 21.6 Å². The molecule has 0 unspecified atom stereocenters. The first-order valence-corrected chi connectivity index (χ1v) is 6.47. The van der Waals surface area contributed by atoms with Crippen molar-refractivity contribution in [2.75, 3.05) is 11.9 Å². The number of rotatable bonds is 5. The number of aromatic carboxylic acids is 1. The number of aryl methyl sites for hydroxylation is 1. The molecule has 10 nitrogen and oxygen atoms in total. The summed E-state index contributed by atoms with van der Waals surface area (Å²) in [5, 5.41) is 20.0. The van der Waals surface area contributed by atoms with Gasteiger partial charge in [0, 0.05) is 19.8 Å². The summed E-state index contributed by atoms with van der Waals surface area (Å²) >= 11 is 0. The molecule has 3 rings (SSSR count). The maximum Gasteiger partial charge on any atom is 0.356 e. The van der Waals surface area contributed by atoms with Crippen molar-refractivity contribution in [3.63, 3.8) is 0 Å². The minimum atomic E-state index is -1.07. The maximum atomic E-state index is 11.9. The van der Waals surface area contributed by atoms with E-state index in [-0.39, 0.29) is 11.3 Å². The highest BCUT2D eigenvalue weighted by Crippen LogP contribution is 2.06. The van der Waals surface area contributed by atoms with Crippen LogP contribution >= 0.6 is 0 Å². The van der Waals surface area contributed by atoms with Crippen LogP contribution in [0, 0.1) is 0 Å². The standard InChI is InChI=1S/C12H13N7O3/c1-18-9-7(6-14-18)10(20)16-12(15-9)13-3-5-19-4-2-8(17-19)11(21)22/h2,4,6H,3,5H2,1H3,(H,21,22)(H2,13,15,16,20). The largest absolute Gasteiger partial charge is 0.476 e. The molecule has 0 aliphatic carbocycles. The highest BCUT2D eigenvalue weighted by atomic mass is 16.4. The third kappa shape index (κ3) is 2.53. The van der Waals surface area contributed by atoms with Gasteiger partial charge in [-0.05, 0) is 6.07 Å². The zero-order chi connectivity index (χ0) is 15.7. The van der Waals surface area contributed by atoms with Crippen molar-refractivity contribution in [3.05, 3.63) is 34.5 Å². The van der Waals surface area contributed by atoms with Crippen LogP contribution in [-0.4, -0.2) is 47.1 Å². The summed E-state index contributed by atoms with van der Waals surface area (Å²) in [7, 11) is 1.70. The van der Waals surface area contributed by atoms with Gasteiger partial charge in [0.05, 0.1) is 12.7 Å². The van der Waals surface area contributed by atoms with E-state index in [0.29, 0.717) is 30.1 Å². The van der Waals surface area contributed by atoms with Gasteiger partial charge in [-0.15, -0.1) is 0 Å². The van der Waals surface area contributed by atoms with Crippen LogP contribution in [0.25, 0.3) is 11.0 Å². The molecule has 0 aromatic carbocycles. The third-order valence-electron chi connectivity index (χ3n) is 3.09. The van der Waals surface area contributed by atoms with Crippen LogP contribution in [0.1, 0.15) is 10.5 Å². The van der Waals surface area contributed by atoms with Crippen molar-refractivity contribution in [1.82, 2.24) is 29.5 Å². The molecule has 3 N–H and O–H groups in total. The summed E-state index contributed by atoms with van der Waals surface area (Å²) in [6.45, 7) is 0.855. The number of hydrogen-bond acceptors (Lipinski definition) is 6. The van der Waals surface area contributed by atoms with Crippen LogP contribution in [0.5, 0.6) is 0 Å². The van der Waals surface area contributed by atoms with Crippen LogP contribution in [0.15, 0.2) is 23.3 Å². The van der Waals surface area contributed by atoms with Gasteiger partial charge in [0.2, 0.25) is 5.95 Å². The predicted octanol–water partition coefficient (Wildman–Crippen LogP) is -0.337. The van der Waals surface area contributed by atoms with E-state index in [0.717, 1.165) is 0 Å². The molecule has 10 heteroatoms. The van der Waals surface area contributed by atoms with Gasteiger partial charge < -0.3 is 10.4 Å². The Morgan fingerprint density at radius 2 is 2.32 bits per heavy atom. The lowest BCUT2D eigenvalue weighted by Gasteiger charge is -2.05. The molecule has 0 bridgehead atoms. The second kappa shape index (κ2) is 5.31. The Kier molecular flexibility index (Phi) is 3.33. The molecule has 0 saturated heterocycles. The number of carbonyl (C=O) groups is 1. The average Bonchev–Trinajstić information content (AvgIpc) is 3.07. The number of carboxylic acids is 1. The number of nitrogens with zero attached hydrogens (tertiary/aromatic N) is 5. The molecule has 0 radical (unpaired) electrons. The lowest BCUT2D eigenvalue weighted by Crippen LogP contribution is -2.17. The van der Waals surface area contributed by atoms with Crippen molar-refractivity contribution in [1.29, 1.82) is 0 Å². The first kappa shape index (κ1) is 13.8. The van der Waals surface area contributed by atoms with E-state index in [1.807, 2.05) is 0 Å². The lowest BCUT2D eigenvalue weighted by molar-refractivity contribution is 0.0689. The Hall–Kier alpha value is -3.17. The monoisotopic (exact) mass is 303 g/mol. The Labute approximate surface area is 123 Å². The van der Waals surface area contributed by atoms with E-state index in [4.69, 9.17) is 5.11 Å². The number of hydrogen-bond donors (Lipinski definition) is 3. The average molecular weight is 303 g/mol. The summed E-state index contributed by atoms with van der Waals surface area (Å²) in [6, 6.07) is 1.42. The summed E-state index contributed by atoms with van der Waals surface area (Å²) in [6.07, 6.45) is 3.04. The highest BCUT2D eigenvalue weighted by molar-refractivity contribution is 5.85. The number of aromatic amines is 1. The van der Waals surface area contributed by atoms with Crippen molar-refractivity contribution in [2.45, 2.75) is 6.54 Å². The third-order valence-corrected chi connectivity index (χ3v) is 3.09. The second-order valence-electron chi connectivity index (χ2n) is 4.62. The van der Waals surface area contributed by atoms with Gasteiger partial charge in [-0.1, -0.05) is 0 Å². The molecule has 3 aromatic rings. The molecule has 0 aliphatic heterocycles. The van der Waals surface area contributed by atoms with E-state index >= 15 is 0 Å². The van der Waals surface area contributed by atoms with Crippen LogP contribution in [-0.2, 0) is 13.6 Å². The molecule has 114 valence electrons. The van der Waals surface area contributed by atoms with Gasteiger partial charge in [0.1, 0.15) is 5.39 Å². The molecule has 3 heterocycles. The van der Waals surface area contributed by atoms with Gasteiger partial charge in [-0.2, -0.15) is 15.2 Å². The van der Waals surface area contributed by atoms with Crippen molar-refractivity contribution >= 4 is 23.0 Å². The number of anilines is 1. The molecule has 22 heavy (non-hydrogen) atoms. The van der Waals surface area contributed by atoms with Gasteiger partial charge in [-0.25, -0.2) is 4.79 Å². The Bertz CT molecular complexity index is 892. The second-order valence-corrected chi connectivity index (χ2v) is 4.62. The van der Waals surface area contributed by atoms with E-state index in [9.17, 15) is 9.59 Å².